The Morgan fingerprint density at radius 3 is 2.42 bits per heavy atom. The maximum absolute atomic E-state index is 13.4. The third-order valence-corrected chi connectivity index (χ3v) is 7.49. The minimum Gasteiger partial charge on any atom is -0.476 e. The standard InChI is InChI=1S/C26H22N2O4S/c29-26(27-17-20-11-8-10-19-9-4-5-14-22(19)20)25-18-28(23-15-6-7-16-24(23)32-25)33(30,31)21-12-2-1-3-13-21/h1-16,25H,17-18H2,(H,27,29). The van der Waals surface area contributed by atoms with Crippen LogP contribution in [0.1, 0.15) is 5.56 Å². The van der Waals surface area contributed by atoms with Gasteiger partial charge < -0.3 is 10.1 Å². The maximum atomic E-state index is 13.4. The lowest BCUT2D eigenvalue weighted by Crippen LogP contribution is -2.50. The molecule has 6 nitrogen and oxygen atoms in total. The zero-order chi connectivity index (χ0) is 22.8. The Hall–Kier alpha value is -3.84. The van der Waals surface area contributed by atoms with Crippen LogP contribution in [0.15, 0.2) is 102 Å². The van der Waals surface area contributed by atoms with Crippen LogP contribution in [0.2, 0.25) is 0 Å². The first kappa shape index (κ1) is 21.0. The van der Waals surface area contributed by atoms with Crippen molar-refractivity contribution in [2.45, 2.75) is 17.5 Å². The van der Waals surface area contributed by atoms with E-state index < -0.39 is 16.1 Å². The molecule has 1 aliphatic heterocycles. The van der Waals surface area contributed by atoms with Gasteiger partial charge in [0.15, 0.2) is 6.10 Å². The number of sulfonamides is 1. The zero-order valence-electron chi connectivity index (χ0n) is 17.7. The number of benzene rings is 4. The predicted octanol–water partition coefficient (Wildman–Crippen LogP) is 4.11. The molecule has 0 aliphatic carbocycles. The second-order valence-electron chi connectivity index (χ2n) is 7.78. The maximum Gasteiger partial charge on any atom is 0.264 e. The molecule has 166 valence electrons. The summed E-state index contributed by atoms with van der Waals surface area (Å²) in [4.78, 5) is 13.2. The van der Waals surface area contributed by atoms with Crippen molar-refractivity contribution >= 4 is 32.4 Å². The number of anilines is 1. The van der Waals surface area contributed by atoms with Gasteiger partial charge in [0.05, 0.1) is 17.1 Å². The molecule has 1 aliphatic rings. The molecular formula is C26H22N2O4S. The largest absolute Gasteiger partial charge is 0.476 e. The van der Waals surface area contributed by atoms with Gasteiger partial charge in [0, 0.05) is 6.54 Å². The molecule has 1 N–H and O–H groups in total. The molecule has 0 aromatic heterocycles. The highest BCUT2D eigenvalue weighted by atomic mass is 32.2. The van der Waals surface area contributed by atoms with E-state index in [1.165, 1.54) is 4.31 Å². The summed E-state index contributed by atoms with van der Waals surface area (Å²) in [6.07, 6.45) is -0.978. The Kier molecular flexibility index (Phi) is 5.48. The minimum absolute atomic E-state index is 0.115. The van der Waals surface area contributed by atoms with Gasteiger partial charge in [0.25, 0.3) is 15.9 Å². The van der Waals surface area contributed by atoms with Crippen molar-refractivity contribution in [2.24, 2.45) is 0 Å². The van der Waals surface area contributed by atoms with Crippen LogP contribution in [0.3, 0.4) is 0 Å². The van der Waals surface area contributed by atoms with Gasteiger partial charge in [-0.2, -0.15) is 0 Å². The predicted molar refractivity (Wildman–Crippen MR) is 128 cm³/mol. The Balaban J connectivity index is 1.41. The normalized spacial score (nSPS) is 15.5. The third-order valence-electron chi connectivity index (χ3n) is 5.69. The number of nitrogens with one attached hydrogen (secondary N) is 1. The average molecular weight is 459 g/mol. The van der Waals surface area contributed by atoms with Crippen molar-refractivity contribution in [1.29, 1.82) is 0 Å². The average Bonchev–Trinajstić information content (AvgIpc) is 2.87. The van der Waals surface area contributed by atoms with Crippen LogP contribution in [0.25, 0.3) is 10.8 Å². The van der Waals surface area contributed by atoms with Gasteiger partial charge in [-0.25, -0.2) is 8.42 Å². The fourth-order valence-corrected chi connectivity index (χ4v) is 5.53. The highest BCUT2D eigenvalue weighted by Crippen LogP contribution is 2.36. The number of carbonyl (C=O) groups is 1. The van der Waals surface area contributed by atoms with E-state index >= 15 is 0 Å². The quantitative estimate of drug-likeness (QED) is 0.488. The van der Waals surface area contributed by atoms with Gasteiger partial charge in [-0.3, -0.25) is 9.10 Å². The molecule has 1 heterocycles. The number of ether oxygens (including phenoxy) is 1. The summed E-state index contributed by atoms with van der Waals surface area (Å²) < 4.78 is 33.9. The molecule has 0 saturated carbocycles. The van der Waals surface area contributed by atoms with E-state index in [-0.39, 0.29) is 17.3 Å². The van der Waals surface area contributed by atoms with Gasteiger partial charge in [-0.15, -0.1) is 0 Å². The molecule has 0 bridgehead atoms. The van der Waals surface area contributed by atoms with Gasteiger partial charge in [-0.1, -0.05) is 72.8 Å². The molecule has 4 aromatic rings. The van der Waals surface area contributed by atoms with Crippen LogP contribution in [0.5, 0.6) is 5.75 Å². The number of fused-ring (bicyclic) bond motifs is 2. The first-order valence-corrected chi connectivity index (χ1v) is 12.1. The Labute approximate surface area is 192 Å². The number of para-hydroxylation sites is 2. The Morgan fingerprint density at radius 2 is 1.58 bits per heavy atom. The number of carbonyl (C=O) groups excluding carboxylic acids is 1. The zero-order valence-corrected chi connectivity index (χ0v) is 18.5. The smallest absolute Gasteiger partial charge is 0.264 e. The van der Waals surface area contributed by atoms with E-state index in [2.05, 4.69) is 5.32 Å². The van der Waals surface area contributed by atoms with E-state index in [0.29, 0.717) is 18.0 Å². The van der Waals surface area contributed by atoms with Crippen molar-refractivity contribution < 1.29 is 17.9 Å². The molecule has 0 radical (unpaired) electrons. The lowest BCUT2D eigenvalue weighted by atomic mass is 10.0. The first-order chi connectivity index (χ1) is 16.0. The number of hydrogen-bond donors (Lipinski definition) is 1. The number of amides is 1. The van der Waals surface area contributed by atoms with E-state index in [4.69, 9.17) is 4.74 Å². The van der Waals surface area contributed by atoms with Crippen molar-refractivity contribution in [2.75, 3.05) is 10.8 Å². The van der Waals surface area contributed by atoms with Crippen LogP contribution in [0, 0.1) is 0 Å². The van der Waals surface area contributed by atoms with Gasteiger partial charge in [0.1, 0.15) is 5.75 Å². The van der Waals surface area contributed by atoms with Crippen molar-refractivity contribution in [3.05, 3.63) is 103 Å². The van der Waals surface area contributed by atoms with Crippen molar-refractivity contribution in [1.82, 2.24) is 5.32 Å². The highest BCUT2D eigenvalue weighted by Gasteiger charge is 2.37. The molecule has 0 fully saturated rings. The van der Waals surface area contributed by atoms with Crippen LogP contribution in [-0.2, 0) is 21.4 Å². The van der Waals surface area contributed by atoms with Crippen molar-refractivity contribution in [3.63, 3.8) is 0 Å². The molecule has 0 spiro atoms. The van der Waals surface area contributed by atoms with E-state index in [9.17, 15) is 13.2 Å². The fourth-order valence-electron chi connectivity index (χ4n) is 4.03. The van der Waals surface area contributed by atoms with E-state index in [1.807, 2.05) is 42.5 Å². The lowest BCUT2D eigenvalue weighted by molar-refractivity contribution is -0.127. The van der Waals surface area contributed by atoms with Crippen LogP contribution < -0.4 is 14.4 Å². The summed E-state index contributed by atoms with van der Waals surface area (Å²) in [5.41, 5.74) is 1.39. The lowest BCUT2D eigenvalue weighted by Gasteiger charge is -2.34. The summed E-state index contributed by atoms with van der Waals surface area (Å²) in [6, 6.07) is 29.0. The summed E-state index contributed by atoms with van der Waals surface area (Å²) >= 11 is 0. The molecule has 4 aromatic carbocycles. The van der Waals surface area contributed by atoms with Gasteiger partial charge >= 0.3 is 0 Å². The first-order valence-electron chi connectivity index (χ1n) is 10.6. The summed E-state index contributed by atoms with van der Waals surface area (Å²) in [7, 11) is -3.86. The fraction of sp³-hybridized carbons (Fsp3) is 0.115. The Morgan fingerprint density at radius 1 is 0.879 bits per heavy atom. The summed E-state index contributed by atoms with van der Waals surface area (Å²) in [5, 5.41) is 5.07. The van der Waals surface area contributed by atoms with E-state index in [0.717, 1.165) is 16.3 Å². The molecule has 33 heavy (non-hydrogen) atoms. The number of nitrogens with zero attached hydrogens (tertiary/aromatic N) is 1. The molecule has 7 heteroatoms. The van der Waals surface area contributed by atoms with Gasteiger partial charge in [-0.05, 0) is 40.6 Å². The SMILES string of the molecule is O=C(NCc1cccc2ccccc12)C1CN(S(=O)(=O)c2ccccc2)c2ccccc2O1. The van der Waals surface area contributed by atoms with Crippen LogP contribution in [0.4, 0.5) is 5.69 Å². The topological polar surface area (TPSA) is 75.7 Å². The summed E-state index contributed by atoms with van der Waals surface area (Å²) in [6.45, 7) is 0.197. The monoisotopic (exact) mass is 458 g/mol. The molecule has 1 unspecified atom stereocenters. The third kappa shape index (κ3) is 4.03. The van der Waals surface area contributed by atoms with E-state index in [1.54, 1.807) is 54.6 Å². The Bertz CT molecular complexity index is 1420. The van der Waals surface area contributed by atoms with Crippen molar-refractivity contribution in [3.8, 4) is 5.75 Å². The number of hydrogen-bond acceptors (Lipinski definition) is 4. The number of rotatable bonds is 5. The summed E-state index contributed by atoms with van der Waals surface area (Å²) in [5.74, 6) is -0.0146. The second-order valence-corrected chi connectivity index (χ2v) is 9.64. The molecule has 1 amide bonds. The molecular weight excluding hydrogens is 436 g/mol. The molecule has 5 rings (SSSR count). The molecule has 0 saturated heterocycles. The highest BCUT2D eigenvalue weighted by molar-refractivity contribution is 7.92. The van der Waals surface area contributed by atoms with Crippen LogP contribution in [-0.4, -0.2) is 27.0 Å². The van der Waals surface area contributed by atoms with Crippen LogP contribution >= 0.6 is 0 Å². The minimum atomic E-state index is -3.86. The second kappa shape index (κ2) is 8.60. The van der Waals surface area contributed by atoms with Gasteiger partial charge in [0.2, 0.25) is 0 Å². The molecule has 1 atom stereocenters.